The smallest absolute Gasteiger partial charge is 0.413 e. The molecule has 124 valence electrons. The first-order chi connectivity index (χ1) is 11.0. The van der Waals surface area contributed by atoms with Gasteiger partial charge in [-0.15, -0.1) is 11.3 Å². The quantitative estimate of drug-likeness (QED) is 0.772. The summed E-state index contributed by atoms with van der Waals surface area (Å²) in [7, 11) is 1.66. The van der Waals surface area contributed by atoms with E-state index in [1.165, 1.54) is 11.3 Å². The fourth-order valence-electron chi connectivity index (χ4n) is 2.18. The number of aryl methyl sites for hydroxylation is 2. The highest BCUT2D eigenvalue weighted by atomic mass is 32.1. The lowest BCUT2D eigenvalue weighted by atomic mass is 10.1. The molecule has 0 fully saturated rings. The van der Waals surface area contributed by atoms with Crippen LogP contribution in [0, 0.1) is 13.8 Å². The van der Waals surface area contributed by atoms with Crippen LogP contribution in [0.2, 0.25) is 0 Å². The molecule has 2 aromatic rings. The Morgan fingerprint density at radius 1 is 1.35 bits per heavy atom. The van der Waals surface area contributed by atoms with E-state index < -0.39 is 6.09 Å². The number of methoxy groups -OCH3 is 1. The van der Waals surface area contributed by atoms with Crippen LogP contribution in [0.3, 0.4) is 0 Å². The van der Waals surface area contributed by atoms with Gasteiger partial charge in [-0.25, -0.2) is 9.78 Å². The highest BCUT2D eigenvalue weighted by Crippen LogP contribution is 2.32. The first-order valence-corrected chi connectivity index (χ1v) is 8.43. The summed E-state index contributed by atoms with van der Waals surface area (Å²) in [6.07, 6.45) is 1.40. The van der Waals surface area contributed by atoms with Crippen molar-refractivity contribution in [3.63, 3.8) is 0 Å². The highest BCUT2D eigenvalue weighted by Gasteiger charge is 2.13. The van der Waals surface area contributed by atoms with Crippen LogP contribution in [0.25, 0.3) is 11.3 Å². The minimum Gasteiger partial charge on any atom is -0.496 e. The zero-order valence-electron chi connectivity index (χ0n) is 13.9. The van der Waals surface area contributed by atoms with Crippen molar-refractivity contribution < 1.29 is 14.3 Å². The lowest BCUT2D eigenvalue weighted by Gasteiger charge is -2.06. The number of hydrogen-bond acceptors (Lipinski definition) is 5. The van der Waals surface area contributed by atoms with Gasteiger partial charge < -0.3 is 9.47 Å². The average Bonchev–Trinajstić information content (AvgIpc) is 2.88. The molecular weight excluding hydrogens is 312 g/mol. The molecule has 0 radical (unpaired) electrons. The number of carbonyl (C=O) groups is 1. The van der Waals surface area contributed by atoms with Gasteiger partial charge in [0.15, 0.2) is 5.13 Å². The van der Waals surface area contributed by atoms with Crippen molar-refractivity contribution in [2.45, 2.75) is 33.6 Å². The Bertz CT molecular complexity index is 682. The maximum atomic E-state index is 11.7. The number of amides is 1. The van der Waals surface area contributed by atoms with Crippen LogP contribution in [0.1, 0.15) is 30.2 Å². The molecule has 0 saturated heterocycles. The normalized spacial score (nSPS) is 10.4. The molecule has 1 heterocycles. The van der Waals surface area contributed by atoms with E-state index in [1.54, 1.807) is 7.11 Å². The van der Waals surface area contributed by atoms with Crippen molar-refractivity contribution in [1.29, 1.82) is 0 Å². The van der Waals surface area contributed by atoms with E-state index in [1.807, 2.05) is 32.0 Å². The van der Waals surface area contributed by atoms with Crippen LogP contribution in [0.15, 0.2) is 18.2 Å². The molecular formula is C17H22N2O3S. The summed E-state index contributed by atoms with van der Waals surface area (Å²) in [5.74, 6) is 0.847. The summed E-state index contributed by atoms with van der Waals surface area (Å²) in [6, 6.07) is 5.93. The monoisotopic (exact) mass is 334 g/mol. The van der Waals surface area contributed by atoms with Gasteiger partial charge in [0.2, 0.25) is 0 Å². The van der Waals surface area contributed by atoms with Gasteiger partial charge in [0.25, 0.3) is 0 Å². The summed E-state index contributed by atoms with van der Waals surface area (Å²) in [5, 5.41) is 3.24. The number of nitrogens with one attached hydrogen (secondary N) is 1. The maximum Gasteiger partial charge on any atom is 0.413 e. The van der Waals surface area contributed by atoms with Gasteiger partial charge >= 0.3 is 6.09 Å². The second-order valence-corrected chi connectivity index (χ2v) is 6.43. The van der Waals surface area contributed by atoms with Crippen LogP contribution in [-0.2, 0) is 4.74 Å². The van der Waals surface area contributed by atoms with Crippen molar-refractivity contribution in [3.8, 4) is 17.0 Å². The number of nitrogens with zero attached hydrogens (tertiary/aromatic N) is 1. The number of aromatic nitrogens is 1. The Kier molecular flexibility index (Phi) is 5.98. The first kappa shape index (κ1) is 17.3. The SMILES string of the molecule is CCCCOC(=O)Nc1nc(-c2ccc(OC)c(C)c2)c(C)s1. The minimum atomic E-state index is -0.454. The summed E-state index contributed by atoms with van der Waals surface area (Å²) < 4.78 is 10.4. The molecule has 1 aromatic carbocycles. The summed E-state index contributed by atoms with van der Waals surface area (Å²) >= 11 is 1.44. The zero-order valence-corrected chi connectivity index (χ0v) is 14.8. The van der Waals surface area contributed by atoms with E-state index in [4.69, 9.17) is 9.47 Å². The van der Waals surface area contributed by atoms with Crippen LogP contribution >= 0.6 is 11.3 Å². The van der Waals surface area contributed by atoms with Crippen molar-refractivity contribution in [3.05, 3.63) is 28.6 Å². The third kappa shape index (κ3) is 4.45. The predicted octanol–water partition coefficient (Wildman–Crippen LogP) is 4.78. The van der Waals surface area contributed by atoms with Gasteiger partial charge in [-0.3, -0.25) is 5.32 Å². The van der Waals surface area contributed by atoms with Crippen LogP contribution in [0.5, 0.6) is 5.75 Å². The van der Waals surface area contributed by atoms with E-state index in [0.717, 1.165) is 40.3 Å². The molecule has 1 aromatic heterocycles. The average molecular weight is 334 g/mol. The summed E-state index contributed by atoms with van der Waals surface area (Å²) in [5.41, 5.74) is 2.92. The van der Waals surface area contributed by atoms with Crippen molar-refractivity contribution in [1.82, 2.24) is 4.98 Å². The number of rotatable bonds is 6. The molecule has 23 heavy (non-hydrogen) atoms. The van der Waals surface area contributed by atoms with E-state index >= 15 is 0 Å². The van der Waals surface area contributed by atoms with E-state index in [9.17, 15) is 4.79 Å². The van der Waals surface area contributed by atoms with Gasteiger partial charge in [-0.1, -0.05) is 13.3 Å². The van der Waals surface area contributed by atoms with E-state index in [-0.39, 0.29) is 0 Å². The van der Waals surface area contributed by atoms with Gasteiger partial charge in [0.05, 0.1) is 19.4 Å². The molecule has 0 atom stereocenters. The Hall–Kier alpha value is -2.08. The Labute approximate surface area is 140 Å². The second-order valence-electron chi connectivity index (χ2n) is 5.22. The van der Waals surface area contributed by atoms with Gasteiger partial charge in [0, 0.05) is 10.4 Å². The fraction of sp³-hybridized carbons (Fsp3) is 0.412. The molecule has 0 aliphatic carbocycles. The molecule has 0 aliphatic rings. The third-order valence-electron chi connectivity index (χ3n) is 3.40. The lowest BCUT2D eigenvalue weighted by Crippen LogP contribution is -2.14. The standard InChI is InChI=1S/C17H22N2O3S/c1-5-6-9-22-17(20)19-16-18-15(12(3)23-16)13-7-8-14(21-4)11(2)10-13/h7-8,10H,5-6,9H2,1-4H3,(H,18,19,20). The first-order valence-electron chi connectivity index (χ1n) is 7.61. The maximum absolute atomic E-state index is 11.7. The molecule has 0 saturated carbocycles. The largest absolute Gasteiger partial charge is 0.496 e. The number of unbranched alkanes of at least 4 members (excludes halogenated alkanes) is 1. The molecule has 5 nitrogen and oxygen atoms in total. The highest BCUT2D eigenvalue weighted by molar-refractivity contribution is 7.16. The molecule has 0 unspecified atom stereocenters. The Morgan fingerprint density at radius 2 is 2.13 bits per heavy atom. The number of anilines is 1. The van der Waals surface area contributed by atoms with E-state index in [2.05, 4.69) is 17.2 Å². The molecule has 6 heteroatoms. The van der Waals surface area contributed by atoms with Gasteiger partial charge in [-0.2, -0.15) is 0 Å². The van der Waals surface area contributed by atoms with Crippen LogP contribution in [0.4, 0.5) is 9.93 Å². The number of ether oxygens (including phenoxy) is 2. The lowest BCUT2D eigenvalue weighted by molar-refractivity contribution is 0.160. The molecule has 2 rings (SSSR count). The number of carbonyl (C=O) groups excluding carboxylic acids is 1. The van der Waals surface area contributed by atoms with Crippen molar-refractivity contribution >= 4 is 22.6 Å². The third-order valence-corrected chi connectivity index (χ3v) is 4.29. The number of thiazole rings is 1. The Balaban J connectivity index is 2.12. The Morgan fingerprint density at radius 3 is 2.78 bits per heavy atom. The van der Waals surface area contributed by atoms with E-state index in [0.29, 0.717) is 11.7 Å². The summed E-state index contributed by atoms with van der Waals surface area (Å²) in [4.78, 5) is 17.2. The predicted molar refractivity (Wildman–Crippen MR) is 93.5 cm³/mol. The van der Waals surface area contributed by atoms with Gasteiger partial charge in [0.1, 0.15) is 5.75 Å². The number of hydrogen-bond donors (Lipinski definition) is 1. The van der Waals surface area contributed by atoms with Crippen molar-refractivity contribution in [2.75, 3.05) is 19.0 Å². The topological polar surface area (TPSA) is 60.5 Å². The zero-order chi connectivity index (χ0) is 16.8. The molecule has 0 aliphatic heterocycles. The molecule has 0 spiro atoms. The fourth-order valence-corrected chi connectivity index (χ4v) is 3.00. The van der Waals surface area contributed by atoms with Gasteiger partial charge in [-0.05, 0) is 44.0 Å². The molecule has 1 amide bonds. The van der Waals surface area contributed by atoms with Crippen LogP contribution in [-0.4, -0.2) is 24.8 Å². The van der Waals surface area contributed by atoms with Crippen molar-refractivity contribution in [2.24, 2.45) is 0 Å². The van der Waals surface area contributed by atoms with Crippen LogP contribution < -0.4 is 10.1 Å². The number of benzene rings is 1. The summed E-state index contributed by atoms with van der Waals surface area (Å²) in [6.45, 7) is 6.46. The second kappa shape index (κ2) is 7.97. The molecule has 0 bridgehead atoms. The minimum absolute atomic E-state index is 0.428. The molecule has 1 N–H and O–H groups in total.